The van der Waals surface area contributed by atoms with Crippen LogP contribution >= 0.6 is 11.8 Å². The lowest BCUT2D eigenvalue weighted by Gasteiger charge is -2.10. The number of rotatable bonds is 5. The van der Waals surface area contributed by atoms with Gasteiger partial charge in [-0.1, -0.05) is 61.3 Å². The van der Waals surface area contributed by atoms with Gasteiger partial charge in [-0.15, -0.1) is 0 Å². The molecule has 0 aliphatic heterocycles. The molecule has 0 N–H and O–H groups in total. The van der Waals surface area contributed by atoms with Crippen LogP contribution in [0.3, 0.4) is 0 Å². The van der Waals surface area contributed by atoms with Crippen molar-refractivity contribution in [3.8, 4) is 0 Å². The minimum atomic E-state index is -3.57. The standard InChI is InChI=1S/C16H14O2S2/c1-13(19-15-9-5-3-6-10-15)14(2)20(17,18)16-11-7-4-8-12-16/h3-12H,1-2H2. The average Bonchev–Trinajstić information content (AvgIpc) is 2.48. The second-order valence-corrected chi connectivity index (χ2v) is 7.22. The van der Waals surface area contributed by atoms with Crippen molar-refractivity contribution < 1.29 is 8.42 Å². The second kappa shape index (κ2) is 6.11. The summed E-state index contributed by atoms with van der Waals surface area (Å²) in [5, 5.41) is 0. The van der Waals surface area contributed by atoms with Crippen LogP contribution in [0.25, 0.3) is 0 Å². The van der Waals surface area contributed by atoms with Crippen LogP contribution in [-0.2, 0) is 9.84 Å². The van der Waals surface area contributed by atoms with E-state index in [1.54, 1.807) is 30.3 Å². The second-order valence-electron chi connectivity index (χ2n) is 4.08. The molecule has 0 aliphatic rings. The molecule has 4 heteroatoms. The van der Waals surface area contributed by atoms with Crippen LogP contribution < -0.4 is 0 Å². The molecule has 0 saturated carbocycles. The van der Waals surface area contributed by atoms with Crippen LogP contribution in [0.2, 0.25) is 0 Å². The Hall–Kier alpha value is -1.78. The van der Waals surface area contributed by atoms with E-state index in [2.05, 4.69) is 13.2 Å². The molecule has 20 heavy (non-hydrogen) atoms. The first kappa shape index (κ1) is 14.6. The Morgan fingerprint density at radius 2 is 1.35 bits per heavy atom. The average molecular weight is 302 g/mol. The van der Waals surface area contributed by atoms with Crippen molar-refractivity contribution in [3.63, 3.8) is 0 Å². The lowest BCUT2D eigenvalue weighted by molar-refractivity contribution is 0.603. The monoisotopic (exact) mass is 302 g/mol. The van der Waals surface area contributed by atoms with E-state index in [1.165, 1.54) is 11.8 Å². The van der Waals surface area contributed by atoms with Crippen LogP contribution in [0.5, 0.6) is 0 Å². The summed E-state index contributed by atoms with van der Waals surface area (Å²) in [4.78, 5) is 1.64. The van der Waals surface area contributed by atoms with Crippen LogP contribution in [0.1, 0.15) is 0 Å². The lowest BCUT2D eigenvalue weighted by Crippen LogP contribution is -2.04. The van der Waals surface area contributed by atoms with Crippen LogP contribution in [0.4, 0.5) is 0 Å². The van der Waals surface area contributed by atoms with Crippen molar-refractivity contribution in [2.24, 2.45) is 0 Å². The van der Waals surface area contributed by atoms with Gasteiger partial charge < -0.3 is 0 Å². The Morgan fingerprint density at radius 3 is 1.90 bits per heavy atom. The Labute approximate surface area is 123 Å². The van der Waals surface area contributed by atoms with Crippen molar-refractivity contribution in [2.45, 2.75) is 9.79 Å². The lowest BCUT2D eigenvalue weighted by atomic mass is 10.4. The Bertz CT molecular complexity index is 718. The fraction of sp³-hybridized carbons (Fsp3) is 0. The van der Waals surface area contributed by atoms with E-state index in [4.69, 9.17) is 0 Å². The molecule has 2 rings (SSSR count). The van der Waals surface area contributed by atoms with E-state index in [0.29, 0.717) is 4.91 Å². The predicted molar refractivity (Wildman–Crippen MR) is 84.2 cm³/mol. The smallest absolute Gasteiger partial charge is 0.207 e. The maximum atomic E-state index is 12.4. The van der Waals surface area contributed by atoms with Gasteiger partial charge in [0, 0.05) is 9.80 Å². The molecular formula is C16H14O2S2. The zero-order valence-electron chi connectivity index (χ0n) is 10.8. The third kappa shape index (κ3) is 3.21. The molecule has 0 amide bonds. The Morgan fingerprint density at radius 1 is 0.850 bits per heavy atom. The Balaban J connectivity index is 2.21. The van der Waals surface area contributed by atoms with E-state index < -0.39 is 9.84 Å². The number of hydrogen-bond donors (Lipinski definition) is 0. The highest BCUT2D eigenvalue weighted by Crippen LogP contribution is 2.34. The third-order valence-electron chi connectivity index (χ3n) is 2.67. The topological polar surface area (TPSA) is 34.1 Å². The first-order valence-electron chi connectivity index (χ1n) is 5.93. The summed E-state index contributed by atoms with van der Waals surface area (Å²) in [7, 11) is -3.57. The van der Waals surface area contributed by atoms with Crippen molar-refractivity contribution in [1.29, 1.82) is 0 Å². The fourth-order valence-electron chi connectivity index (χ4n) is 1.58. The minimum absolute atomic E-state index is 0.0394. The molecule has 0 radical (unpaired) electrons. The zero-order valence-corrected chi connectivity index (χ0v) is 12.5. The molecule has 0 aromatic heterocycles. The summed E-state index contributed by atoms with van der Waals surface area (Å²) in [6.45, 7) is 7.52. The Kier molecular flexibility index (Phi) is 4.47. The summed E-state index contributed by atoms with van der Waals surface area (Å²) in [5.41, 5.74) is 0. The van der Waals surface area contributed by atoms with Crippen molar-refractivity contribution in [1.82, 2.24) is 0 Å². The molecular weight excluding hydrogens is 288 g/mol. The number of thioether (sulfide) groups is 1. The molecule has 0 fully saturated rings. The first-order chi connectivity index (χ1) is 9.51. The van der Waals surface area contributed by atoms with E-state index in [9.17, 15) is 8.42 Å². The molecule has 2 aromatic carbocycles. The van der Waals surface area contributed by atoms with Crippen molar-refractivity contribution in [3.05, 3.63) is 83.6 Å². The van der Waals surface area contributed by atoms with Gasteiger partial charge in [-0.3, -0.25) is 0 Å². The highest BCUT2D eigenvalue weighted by atomic mass is 32.2. The molecule has 2 aromatic rings. The normalized spacial score (nSPS) is 11.0. The van der Waals surface area contributed by atoms with Gasteiger partial charge in [0.15, 0.2) is 0 Å². The number of sulfone groups is 1. The summed E-state index contributed by atoms with van der Waals surface area (Å²) >= 11 is 1.30. The molecule has 0 aliphatic carbocycles. The van der Waals surface area contributed by atoms with E-state index >= 15 is 0 Å². The maximum absolute atomic E-state index is 12.4. The van der Waals surface area contributed by atoms with Crippen LogP contribution in [-0.4, -0.2) is 8.42 Å². The summed E-state index contributed by atoms with van der Waals surface area (Å²) in [6.07, 6.45) is 0. The highest BCUT2D eigenvalue weighted by Gasteiger charge is 2.21. The molecule has 0 atom stereocenters. The van der Waals surface area contributed by atoms with Crippen molar-refractivity contribution in [2.75, 3.05) is 0 Å². The highest BCUT2D eigenvalue weighted by molar-refractivity contribution is 8.05. The molecule has 2 nitrogen and oxygen atoms in total. The quantitative estimate of drug-likeness (QED) is 0.610. The largest absolute Gasteiger partial charge is 0.218 e. The van der Waals surface area contributed by atoms with Gasteiger partial charge in [0.1, 0.15) is 0 Å². The number of benzene rings is 2. The van der Waals surface area contributed by atoms with Crippen molar-refractivity contribution >= 4 is 21.6 Å². The molecule has 0 heterocycles. The van der Waals surface area contributed by atoms with Gasteiger partial charge in [0.05, 0.1) is 9.80 Å². The van der Waals surface area contributed by atoms with Gasteiger partial charge in [0.25, 0.3) is 0 Å². The number of hydrogen-bond acceptors (Lipinski definition) is 3. The summed E-state index contributed by atoms with van der Waals surface area (Å²) < 4.78 is 24.8. The first-order valence-corrected chi connectivity index (χ1v) is 8.23. The summed E-state index contributed by atoms with van der Waals surface area (Å²) in [5.74, 6) is 0. The van der Waals surface area contributed by atoms with Gasteiger partial charge in [0.2, 0.25) is 9.84 Å². The van der Waals surface area contributed by atoms with Gasteiger partial charge >= 0.3 is 0 Å². The third-order valence-corrected chi connectivity index (χ3v) is 5.59. The molecule has 0 bridgehead atoms. The molecule has 102 valence electrons. The predicted octanol–water partition coefficient (Wildman–Crippen LogP) is 4.28. The molecule has 0 saturated heterocycles. The fourth-order valence-corrected chi connectivity index (χ4v) is 3.82. The zero-order chi connectivity index (χ0) is 14.6. The van der Waals surface area contributed by atoms with Gasteiger partial charge in [-0.05, 0) is 24.3 Å². The minimum Gasteiger partial charge on any atom is -0.218 e. The van der Waals surface area contributed by atoms with Crippen LogP contribution in [0.15, 0.2) is 93.4 Å². The van der Waals surface area contributed by atoms with Gasteiger partial charge in [-0.2, -0.15) is 0 Å². The maximum Gasteiger partial charge on any atom is 0.207 e. The van der Waals surface area contributed by atoms with E-state index in [0.717, 1.165) is 4.90 Å². The molecule has 0 unspecified atom stereocenters. The van der Waals surface area contributed by atoms with Gasteiger partial charge in [-0.25, -0.2) is 8.42 Å². The van der Waals surface area contributed by atoms with Crippen LogP contribution in [0, 0.1) is 0 Å². The summed E-state index contributed by atoms with van der Waals surface area (Å²) in [6, 6.07) is 17.8. The van der Waals surface area contributed by atoms with E-state index in [-0.39, 0.29) is 9.80 Å². The molecule has 0 spiro atoms. The SMILES string of the molecule is C=C(Sc1ccccc1)C(=C)S(=O)(=O)c1ccccc1. The van der Waals surface area contributed by atoms with E-state index in [1.807, 2.05) is 30.3 Å².